The number of carbonyl (C=O) groups excluding carboxylic acids is 1. The molecule has 0 unspecified atom stereocenters. The predicted octanol–water partition coefficient (Wildman–Crippen LogP) is 0.984. The summed E-state index contributed by atoms with van der Waals surface area (Å²) in [6.07, 6.45) is 0.566. The number of benzene rings is 1. The van der Waals surface area contributed by atoms with Gasteiger partial charge in [-0.15, -0.1) is 0 Å². The number of hydrogen-bond acceptors (Lipinski definition) is 4. The summed E-state index contributed by atoms with van der Waals surface area (Å²) in [6, 6.07) is 9.35. The Morgan fingerprint density at radius 3 is 2.65 bits per heavy atom. The standard InChI is InChI=1S/C15H19NO4/c1-11-14(20-8-7-19-11)15(18)16-13(10-17)9-12-5-3-2-4-6-12/h2-6,13,17H,7-10H2,1H3,(H,16,18)/t13-/m0/s1. The highest BCUT2D eigenvalue weighted by Crippen LogP contribution is 2.13. The van der Waals surface area contributed by atoms with Gasteiger partial charge in [0.15, 0.2) is 0 Å². The summed E-state index contributed by atoms with van der Waals surface area (Å²) in [5.41, 5.74) is 1.05. The second kappa shape index (κ2) is 6.96. The summed E-state index contributed by atoms with van der Waals surface area (Å²) in [6.45, 7) is 2.38. The van der Waals surface area contributed by atoms with Gasteiger partial charge >= 0.3 is 0 Å². The van der Waals surface area contributed by atoms with Crippen LogP contribution in [0, 0.1) is 0 Å². The Bertz CT molecular complexity index is 484. The van der Waals surface area contributed by atoms with Crippen LogP contribution < -0.4 is 5.32 Å². The van der Waals surface area contributed by atoms with E-state index in [1.54, 1.807) is 6.92 Å². The number of rotatable bonds is 5. The molecule has 0 radical (unpaired) electrons. The summed E-state index contributed by atoms with van der Waals surface area (Å²) in [4.78, 5) is 12.1. The normalized spacial score (nSPS) is 16.1. The van der Waals surface area contributed by atoms with E-state index in [1.807, 2.05) is 30.3 Å². The fourth-order valence-electron chi connectivity index (χ4n) is 2.04. The molecule has 2 rings (SSSR count). The van der Waals surface area contributed by atoms with Gasteiger partial charge in [0.25, 0.3) is 5.91 Å². The van der Waals surface area contributed by atoms with Crippen LogP contribution in [-0.2, 0) is 20.7 Å². The molecule has 0 saturated carbocycles. The average molecular weight is 277 g/mol. The second-order valence-corrected chi connectivity index (χ2v) is 4.62. The number of allylic oxidation sites excluding steroid dienone is 1. The first-order chi connectivity index (χ1) is 9.70. The first-order valence-electron chi connectivity index (χ1n) is 6.63. The number of amides is 1. The van der Waals surface area contributed by atoms with Crippen LogP contribution in [0.1, 0.15) is 12.5 Å². The smallest absolute Gasteiger partial charge is 0.290 e. The zero-order chi connectivity index (χ0) is 14.4. The molecule has 0 aliphatic carbocycles. The maximum atomic E-state index is 12.1. The molecule has 108 valence electrons. The Hall–Kier alpha value is -2.01. The van der Waals surface area contributed by atoms with Gasteiger partial charge in [-0.05, 0) is 18.9 Å². The van der Waals surface area contributed by atoms with Crippen LogP contribution in [0.15, 0.2) is 41.9 Å². The molecular weight excluding hydrogens is 258 g/mol. The van der Waals surface area contributed by atoms with E-state index >= 15 is 0 Å². The monoisotopic (exact) mass is 277 g/mol. The topological polar surface area (TPSA) is 67.8 Å². The van der Waals surface area contributed by atoms with E-state index < -0.39 is 0 Å². The molecule has 1 aliphatic rings. The van der Waals surface area contributed by atoms with Crippen molar-refractivity contribution in [3.05, 3.63) is 47.4 Å². The third kappa shape index (κ3) is 3.74. The van der Waals surface area contributed by atoms with Crippen LogP contribution in [0.5, 0.6) is 0 Å². The zero-order valence-electron chi connectivity index (χ0n) is 11.5. The van der Waals surface area contributed by atoms with E-state index in [2.05, 4.69) is 5.32 Å². The molecule has 1 aromatic carbocycles. The summed E-state index contributed by atoms with van der Waals surface area (Å²) < 4.78 is 10.6. The van der Waals surface area contributed by atoms with Crippen LogP contribution in [0.25, 0.3) is 0 Å². The van der Waals surface area contributed by atoms with Crippen LogP contribution in [0.3, 0.4) is 0 Å². The van der Waals surface area contributed by atoms with E-state index in [0.29, 0.717) is 25.4 Å². The van der Waals surface area contributed by atoms with Crippen molar-refractivity contribution in [1.29, 1.82) is 0 Å². The molecule has 1 heterocycles. The Morgan fingerprint density at radius 2 is 2.00 bits per heavy atom. The van der Waals surface area contributed by atoms with Gasteiger partial charge in [-0.3, -0.25) is 4.79 Å². The minimum atomic E-state index is -0.351. The molecule has 0 saturated heterocycles. The molecule has 2 N–H and O–H groups in total. The summed E-state index contributed by atoms with van der Waals surface area (Å²) in [7, 11) is 0. The number of aliphatic hydroxyl groups excluding tert-OH is 1. The van der Waals surface area contributed by atoms with Gasteiger partial charge in [-0.25, -0.2) is 0 Å². The van der Waals surface area contributed by atoms with E-state index in [1.165, 1.54) is 0 Å². The molecule has 5 nitrogen and oxygen atoms in total. The fourth-order valence-corrected chi connectivity index (χ4v) is 2.04. The van der Waals surface area contributed by atoms with Crippen molar-refractivity contribution in [2.75, 3.05) is 19.8 Å². The van der Waals surface area contributed by atoms with Crippen molar-refractivity contribution < 1.29 is 19.4 Å². The fraction of sp³-hybridized carbons (Fsp3) is 0.400. The minimum absolute atomic E-state index is 0.131. The molecule has 5 heteroatoms. The Balaban J connectivity index is 1.98. The number of hydrogen-bond donors (Lipinski definition) is 2. The average Bonchev–Trinajstić information content (AvgIpc) is 2.48. The third-order valence-electron chi connectivity index (χ3n) is 3.05. The first-order valence-corrected chi connectivity index (χ1v) is 6.63. The molecule has 1 aromatic rings. The van der Waals surface area contributed by atoms with Gasteiger partial charge in [-0.1, -0.05) is 30.3 Å². The molecule has 0 fully saturated rings. The van der Waals surface area contributed by atoms with Gasteiger partial charge in [0.05, 0.1) is 12.6 Å². The zero-order valence-corrected chi connectivity index (χ0v) is 11.5. The highest BCUT2D eigenvalue weighted by atomic mass is 16.6. The molecule has 0 aromatic heterocycles. The maximum absolute atomic E-state index is 12.1. The highest BCUT2D eigenvalue weighted by molar-refractivity contribution is 5.92. The maximum Gasteiger partial charge on any atom is 0.290 e. The van der Waals surface area contributed by atoms with Crippen molar-refractivity contribution in [1.82, 2.24) is 5.32 Å². The predicted molar refractivity (Wildman–Crippen MR) is 73.8 cm³/mol. The molecule has 1 atom stereocenters. The number of nitrogens with one attached hydrogen (secondary N) is 1. The van der Waals surface area contributed by atoms with Gasteiger partial charge in [0.2, 0.25) is 5.76 Å². The summed E-state index contributed by atoms with van der Waals surface area (Å²) in [5.74, 6) is 0.324. The van der Waals surface area contributed by atoms with Crippen LogP contribution >= 0.6 is 0 Å². The number of carbonyl (C=O) groups is 1. The first kappa shape index (κ1) is 14.4. The van der Waals surface area contributed by atoms with Crippen molar-refractivity contribution in [2.24, 2.45) is 0 Å². The molecule has 0 bridgehead atoms. The van der Waals surface area contributed by atoms with Crippen LogP contribution in [0.4, 0.5) is 0 Å². The van der Waals surface area contributed by atoms with Crippen LogP contribution in [0.2, 0.25) is 0 Å². The van der Waals surface area contributed by atoms with E-state index in [0.717, 1.165) is 5.56 Å². The van der Waals surface area contributed by atoms with Crippen molar-refractivity contribution >= 4 is 5.91 Å². The van der Waals surface area contributed by atoms with E-state index in [4.69, 9.17) is 9.47 Å². The van der Waals surface area contributed by atoms with Crippen molar-refractivity contribution in [2.45, 2.75) is 19.4 Å². The van der Waals surface area contributed by atoms with Crippen molar-refractivity contribution in [3.63, 3.8) is 0 Å². The van der Waals surface area contributed by atoms with Crippen LogP contribution in [-0.4, -0.2) is 36.9 Å². The lowest BCUT2D eigenvalue weighted by Crippen LogP contribution is -2.41. The molecule has 20 heavy (non-hydrogen) atoms. The number of ether oxygens (including phenoxy) is 2. The lowest BCUT2D eigenvalue weighted by Gasteiger charge is -2.22. The number of aliphatic hydroxyl groups is 1. The molecule has 1 aliphatic heterocycles. The van der Waals surface area contributed by atoms with Gasteiger partial charge in [-0.2, -0.15) is 0 Å². The largest absolute Gasteiger partial charge is 0.491 e. The Labute approximate surface area is 118 Å². The molecule has 0 spiro atoms. The lowest BCUT2D eigenvalue weighted by atomic mass is 10.1. The van der Waals surface area contributed by atoms with E-state index in [9.17, 15) is 9.90 Å². The van der Waals surface area contributed by atoms with E-state index in [-0.39, 0.29) is 24.3 Å². The summed E-state index contributed by atoms with van der Waals surface area (Å²) in [5, 5.41) is 12.2. The quantitative estimate of drug-likeness (QED) is 0.842. The Morgan fingerprint density at radius 1 is 1.30 bits per heavy atom. The van der Waals surface area contributed by atoms with Gasteiger partial charge in [0, 0.05) is 0 Å². The SMILES string of the molecule is CC1=C(C(=O)N[C@H](CO)Cc2ccccc2)OCCO1. The minimum Gasteiger partial charge on any atom is -0.491 e. The summed E-state index contributed by atoms with van der Waals surface area (Å²) >= 11 is 0. The van der Waals surface area contributed by atoms with Crippen molar-refractivity contribution in [3.8, 4) is 0 Å². The van der Waals surface area contributed by atoms with Gasteiger partial charge < -0.3 is 19.9 Å². The Kier molecular flexibility index (Phi) is 5.01. The third-order valence-corrected chi connectivity index (χ3v) is 3.05. The molecule has 1 amide bonds. The van der Waals surface area contributed by atoms with Gasteiger partial charge in [0.1, 0.15) is 19.0 Å². The highest BCUT2D eigenvalue weighted by Gasteiger charge is 2.22. The lowest BCUT2D eigenvalue weighted by molar-refractivity contribution is -0.123. The molecular formula is C15H19NO4. The second-order valence-electron chi connectivity index (χ2n) is 4.62.